The van der Waals surface area contributed by atoms with Crippen molar-refractivity contribution in [2.75, 3.05) is 24.6 Å². The number of nitrogens with zero attached hydrogens (tertiary/aromatic N) is 3. The molecule has 5 heteroatoms. The lowest BCUT2D eigenvalue weighted by atomic mass is 9.94. The van der Waals surface area contributed by atoms with Gasteiger partial charge in [-0.15, -0.1) is 0 Å². The summed E-state index contributed by atoms with van der Waals surface area (Å²) in [5, 5.41) is 4.08. The van der Waals surface area contributed by atoms with E-state index in [2.05, 4.69) is 53.2 Å². The maximum Gasteiger partial charge on any atom is 0.324 e. The summed E-state index contributed by atoms with van der Waals surface area (Å²) >= 11 is 0. The highest BCUT2D eigenvalue weighted by Crippen LogP contribution is 2.42. The van der Waals surface area contributed by atoms with Crippen molar-refractivity contribution in [1.29, 1.82) is 0 Å². The van der Waals surface area contributed by atoms with Gasteiger partial charge in [0, 0.05) is 12.5 Å². The molecule has 116 valence electrons. The minimum Gasteiger partial charge on any atom is -0.367 e. The molecule has 1 aromatic carbocycles. The molecule has 2 aromatic rings. The molecular formula is C17H21N3O2. The van der Waals surface area contributed by atoms with Crippen LogP contribution in [0, 0.1) is 0 Å². The predicted octanol–water partition coefficient (Wildman–Crippen LogP) is 2.87. The van der Waals surface area contributed by atoms with Crippen LogP contribution in [0.15, 0.2) is 28.8 Å². The van der Waals surface area contributed by atoms with E-state index in [-0.39, 0.29) is 11.5 Å². The number of rotatable bonds is 2. The van der Waals surface area contributed by atoms with E-state index < -0.39 is 0 Å². The number of aryl methyl sites for hydroxylation is 1. The van der Waals surface area contributed by atoms with Gasteiger partial charge < -0.3 is 14.2 Å². The molecule has 1 atom stereocenters. The third kappa shape index (κ3) is 2.11. The largest absolute Gasteiger partial charge is 0.367 e. The lowest BCUT2D eigenvalue weighted by Gasteiger charge is -2.40. The highest BCUT2D eigenvalue weighted by Gasteiger charge is 2.44. The van der Waals surface area contributed by atoms with E-state index in [9.17, 15) is 0 Å². The Labute approximate surface area is 130 Å². The monoisotopic (exact) mass is 299 g/mol. The molecule has 0 amide bonds. The fourth-order valence-electron chi connectivity index (χ4n) is 3.51. The van der Waals surface area contributed by atoms with Gasteiger partial charge in [0.1, 0.15) is 5.60 Å². The second-order valence-electron chi connectivity index (χ2n) is 6.51. The molecule has 1 saturated heterocycles. The molecule has 0 N–H and O–H groups in total. The Morgan fingerprint density at radius 2 is 2.14 bits per heavy atom. The minimum atomic E-state index is -0.221. The maximum absolute atomic E-state index is 6.23. The first-order valence-electron chi connectivity index (χ1n) is 7.99. The summed E-state index contributed by atoms with van der Waals surface area (Å²) in [5.41, 5.74) is 2.50. The van der Waals surface area contributed by atoms with E-state index in [1.807, 2.05) is 0 Å². The average Bonchev–Trinajstić information content (AvgIpc) is 3.15. The molecule has 1 fully saturated rings. The second kappa shape index (κ2) is 5.09. The highest BCUT2D eigenvalue weighted by atomic mass is 16.5. The summed E-state index contributed by atoms with van der Waals surface area (Å²) in [6.07, 6.45) is 2.10. The summed E-state index contributed by atoms with van der Waals surface area (Å²) in [5.74, 6) is 1.04. The Kier molecular flexibility index (Phi) is 3.18. The van der Waals surface area contributed by atoms with Crippen LogP contribution < -0.4 is 4.90 Å². The van der Waals surface area contributed by atoms with Crippen LogP contribution in [0.5, 0.6) is 0 Å². The fraction of sp³-hybridized carbons (Fsp3) is 0.529. The van der Waals surface area contributed by atoms with Gasteiger partial charge in [-0.2, -0.15) is 4.98 Å². The quantitative estimate of drug-likeness (QED) is 0.853. The molecule has 1 aromatic heterocycles. The van der Waals surface area contributed by atoms with Gasteiger partial charge in [-0.25, -0.2) is 0 Å². The Morgan fingerprint density at radius 3 is 2.95 bits per heavy atom. The normalized spacial score (nSPS) is 24.2. The van der Waals surface area contributed by atoms with Crippen LogP contribution in [-0.2, 0) is 16.8 Å². The highest BCUT2D eigenvalue weighted by molar-refractivity contribution is 5.41. The van der Waals surface area contributed by atoms with E-state index in [0.717, 1.165) is 31.8 Å². The number of aromatic nitrogens is 2. The summed E-state index contributed by atoms with van der Waals surface area (Å²) < 4.78 is 11.7. The van der Waals surface area contributed by atoms with Crippen molar-refractivity contribution in [1.82, 2.24) is 10.1 Å². The molecule has 4 rings (SSSR count). The summed E-state index contributed by atoms with van der Waals surface area (Å²) in [6.45, 7) is 6.41. The third-order valence-corrected chi connectivity index (χ3v) is 4.71. The SMILES string of the molecule is CC(C)c1noc(N2CCOC3(CCc4ccccc43)C2)n1. The van der Waals surface area contributed by atoms with Crippen molar-refractivity contribution < 1.29 is 9.26 Å². The standard InChI is InChI=1S/C17H21N3O2/c1-12(2)15-18-16(22-19-15)20-9-10-21-17(11-20)8-7-13-5-3-4-6-14(13)17/h3-6,12H,7-11H2,1-2H3. The van der Waals surface area contributed by atoms with Crippen LogP contribution in [0.25, 0.3) is 0 Å². The van der Waals surface area contributed by atoms with Crippen molar-refractivity contribution >= 4 is 6.01 Å². The van der Waals surface area contributed by atoms with Crippen molar-refractivity contribution in [2.24, 2.45) is 0 Å². The van der Waals surface area contributed by atoms with Gasteiger partial charge in [-0.05, 0) is 24.0 Å². The number of anilines is 1. The van der Waals surface area contributed by atoms with Crippen LogP contribution in [-0.4, -0.2) is 29.8 Å². The number of hydrogen-bond donors (Lipinski definition) is 0. The maximum atomic E-state index is 6.23. The molecule has 1 aliphatic heterocycles. The van der Waals surface area contributed by atoms with Crippen molar-refractivity contribution in [3.05, 3.63) is 41.2 Å². The molecule has 1 spiro atoms. The van der Waals surface area contributed by atoms with Crippen LogP contribution in [0.2, 0.25) is 0 Å². The van der Waals surface area contributed by atoms with Crippen LogP contribution in [0.1, 0.15) is 43.1 Å². The molecular weight excluding hydrogens is 278 g/mol. The predicted molar refractivity (Wildman–Crippen MR) is 83.0 cm³/mol. The van der Waals surface area contributed by atoms with E-state index in [1.165, 1.54) is 11.1 Å². The van der Waals surface area contributed by atoms with E-state index in [4.69, 9.17) is 9.26 Å². The van der Waals surface area contributed by atoms with E-state index >= 15 is 0 Å². The topological polar surface area (TPSA) is 51.4 Å². The van der Waals surface area contributed by atoms with Crippen LogP contribution in [0.4, 0.5) is 6.01 Å². The lowest BCUT2D eigenvalue weighted by Crippen LogP contribution is -2.49. The molecule has 0 bridgehead atoms. The minimum absolute atomic E-state index is 0.221. The van der Waals surface area contributed by atoms with Gasteiger partial charge in [-0.1, -0.05) is 43.3 Å². The Morgan fingerprint density at radius 1 is 1.27 bits per heavy atom. The molecule has 0 radical (unpaired) electrons. The Balaban J connectivity index is 1.62. The zero-order chi connectivity index (χ0) is 15.2. The number of morpholine rings is 1. The van der Waals surface area contributed by atoms with Crippen LogP contribution in [0.3, 0.4) is 0 Å². The number of benzene rings is 1. The van der Waals surface area contributed by atoms with Crippen molar-refractivity contribution in [3.63, 3.8) is 0 Å². The van der Waals surface area contributed by atoms with Gasteiger partial charge in [0.2, 0.25) is 0 Å². The van der Waals surface area contributed by atoms with Crippen molar-refractivity contribution in [3.8, 4) is 0 Å². The van der Waals surface area contributed by atoms with Gasteiger partial charge in [0.05, 0.1) is 13.2 Å². The zero-order valence-electron chi connectivity index (χ0n) is 13.1. The van der Waals surface area contributed by atoms with E-state index in [1.54, 1.807) is 0 Å². The first kappa shape index (κ1) is 13.8. The Hall–Kier alpha value is -1.88. The fourth-order valence-corrected chi connectivity index (χ4v) is 3.51. The zero-order valence-corrected chi connectivity index (χ0v) is 13.1. The van der Waals surface area contributed by atoms with Gasteiger partial charge in [0.15, 0.2) is 5.82 Å². The molecule has 5 nitrogen and oxygen atoms in total. The number of hydrogen-bond acceptors (Lipinski definition) is 5. The molecule has 2 heterocycles. The molecule has 22 heavy (non-hydrogen) atoms. The summed E-state index contributed by atoms with van der Waals surface area (Å²) in [4.78, 5) is 6.71. The summed E-state index contributed by atoms with van der Waals surface area (Å²) in [7, 11) is 0. The summed E-state index contributed by atoms with van der Waals surface area (Å²) in [6, 6.07) is 9.22. The molecule has 0 saturated carbocycles. The van der Waals surface area contributed by atoms with Crippen molar-refractivity contribution in [2.45, 2.75) is 38.2 Å². The Bertz CT molecular complexity index is 678. The molecule has 2 aliphatic rings. The van der Waals surface area contributed by atoms with Gasteiger partial charge in [0.25, 0.3) is 0 Å². The number of ether oxygens (including phenoxy) is 1. The lowest BCUT2D eigenvalue weighted by molar-refractivity contribution is -0.0605. The smallest absolute Gasteiger partial charge is 0.324 e. The molecule has 1 unspecified atom stereocenters. The number of fused-ring (bicyclic) bond motifs is 2. The average molecular weight is 299 g/mol. The molecule has 1 aliphatic carbocycles. The van der Waals surface area contributed by atoms with Gasteiger partial charge >= 0.3 is 6.01 Å². The second-order valence-corrected chi connectivity index (χ2v) is 6.51. The van der Waals surface area contributed by atoms with Gasteiger partial charge in [-0.3, -0.25) is 0 Å². The first-order valence-corrected chi connectivity index (χ1v) is 7.99. The van der Waals surface area contributed by atoms with E-state index in [0.29, 0.717) is 12.6 Å². The van der Waals surface area contributed by atoms with Crippen LogP contribution >= 0.6 is 0 Å². The third-order valence-electron chi connectivity index (χ3n) is 4.71. The first-order chi connectivity index (χ1) is 10.7.